The van der Waals surface area contributed by atoms with Gasteiger partial charge in [-0.1, -0.05) is 0 Å². The number of likely N-dealkylation sites (N-methyl/N-ethyl adjacent to an activating group) is 1. The molecule has 1 aromatic heterocycles. The summed E-state index contributed by atoms with van der Waals surface area (Å²) in [5.74, 6) is 0.224. The molecule has 0 bridgehead atoms. The molecule has 8 heteroatoms. The number of urea groups is 1. The smallest absolute Gasteiger partial charge is 0.317 e. The van der Waals surface area contributed by atoms with Crippen molar-refractivity contribution in [2.45, 2.75) is 25.8 Å². The van der Waals surface area contributed by atoms with Gasteiger partial charge >= 0.3 is 6.03 Å². The van der Waals surface area contributed by atoms with Gasteiger partial charge in [-0.25, -0.2) is 18.2 Å². The summed E-state index contributed by atoms with van der Waals surface area (Å²) in [6, 6.07) is -0.464. The maximum atomic E-state index is 12.0. The van der Waals surface area contributed by atoms with Gasteiger partial charge in [-0.05, 0) is 13.3 Å². The van der Waals surface area contributed by atoms with E-state index in [9.17, 15) is 13.2 Å². The van der Waals surface area contributed by atoms with E-state index in [4.69, 9.17) is 0 Å². The Kier molecular flexibility index (Phi) is 4.64. The molecule has 0 spiro atoms. The molecule has 0 radical (unpaired) electrons. The number of nitrogens with zero attached hydrogens (tertiary/aromatic N) is 2. The third kappa shape index (κ3) is 3.92. The van der Waals surface area contributed by atoms with Crippen molar-refractivity contribution in [3.63, 3.8) is 0 Å². The number of nitrogens with one attached hydrogen (secondary N) is 1. The molecule has 2 amide bonds. The Bertz CT molecular complexity index is 583. The molecule has 1 aliphatic heterocycles. The summed E-state index contributed by atoms with van der Waals surface area (Å²) in [6.07, 6.45) is 1.28. The van der Waals surface area contributed by atoms with Gasteiger partial charge in [-0.2, -0.15) is 0 Å². The predicted octanol–water partition coefficient (Wildman–Crippen LogP) is 0.823. The quantitative estimate of drug-likeness (QED) is 0.892. The zero-order chi connectivity index (χ0) is 14.8. The van der Waals surface area contributed by atoms with Crippen molar-refractivity contribution in [2.24, 2.45) is 0 Å². The van der Waals surface area contributed by atoms with Crippen LogP contribution >= 0.6 is 11.3 Å². The van der Waals surface area contributed by atoms with E-state index in [0.717, 1.165) is 12.1 Å². The van der Waals surface area contributed by atoms with Gasteiger partial charge in [0.15, 0.2) is 9.84 Å². The number of carbonyl (C=O) groups excluding carboxylic acids is 1. The van der Waals surface area contributed by atoms with Crippen LogP contribution in [0.2, 0.25) is 0 Å². The average molecular weight is 317 g/mol. The number of rotatable bonds is 4. The van der Waals surface area contributed by atoms with Crippen LogP contribution in [0, 0.1) is 6.92 Å². The van der Waals surface area contributed by atoms with Crippen molar-refractivity contribution in [1.29, 1.82) is 0 Å². The van der Waals surface area contributed by atoms with Crippen molar-refractivity contribution in [2.75, 3.05) is 25.1 Å². The molecule has 1 unspecified atom stereocenters. The van der Waals surface area contributed by atoms with Gasteiger partial charge in [-0.3, -0.25) is 0 Å². The Morgan fingerprint density at radius 2 is 2.35 bits per heavy atom. The monoisotopic (exact) mass is 317 g/mol. The van der Waals surface area contributed by atoms with E-state index in [0.29, 0.717) is 13.0 Å². The summed E-state index contributed by atoms with van der Waals surface area (Å²) in [6.45, 7) is 2.55. The van der Waals surface area contributed by atoms with E-state index in [1.54, 1.807) is 28.8 Å². The van der Waals surface area contributed by atoms with E-state index in [2.05, 4.69) is 10.3 Å². The highest BCUT2D eigenvalue weighted by Crippen LogP contribution is 2.14. The fourth-order valence-electron chi connectivity index (χ4n) is 2.13. The molecule has 1 aromatic rings. The van der Waals surface area contributed by atoms with Crippen molar-refractivity contribution < 1.29 is 13.2 Å². The van der Waals surface area contributed by atoms with E-state index < -0.39 is 9.84 Å². The van der Waals surface area contributed by atoms with Crippen LogP contribution in [0.5, 0.6) is 0 Å². The minimum Gasteiger partial charge on any atom is -0.334 e. The molecule has 0 aromatic carbocycles. The number of aromatic nitrogens is 1. The molecule has 112 valence electrons. The summed E-state index contributed by atoms with van der Waals surface area (Å²) in [5.41, 5.74) is 2.81. The molecule has 1 saturated heterocycles. The minimum atomic E-state index is -2.96. The molecular formula is C12H19N3O3S2. The van der Waals surface area contributed by atoms with Gasteiger partial charge in [-0.15, -0.1) is 11.3 Å². The van der Waals surface area contributed by atoms with Crippen LogP contribution in [0.1, 0.15) is 17.0 Å². The first kappa shape index (κ1) is 15.2. The van der Waals surface area contributed by atoms with Crippen LogP contribution in [0.3, 0.4) is 0 Å². The number of aryl methyl sites for hydroxylation is 1. The first-order chi connectivity index (χ1) is 9.37. The van der Waals surface area contributed by atoms with Crippen LogP contribution in [-0.2, 0) is 16.3 Å². The number of carbonyl (C=O) groups is 1. The molecule has 0 saturated carbocycles. The third-order valence-electron chi connectivity index (χ3n) is 3.43. The Hall–Kier alpha value is -1.15. The molecule has 1 N–H and O–H groups in total. The maximum absolute atomic E-state index is 12.0. The molecule has 1 fully saturated rings. The predicted molar refractivity (Wildman–Crippen MR) is 78.8 cm³/mol. The standard InChI is InChI=1S/C12H19N3O3S2/c1-9-11(19-8-13-9)3-5-15(2)12(16)14-10-4-6-20(17,18)7-10/h8,10H,3-7H2,1-2H3,(H,14,16). The fourth-order valence-corrected chi connectivity index (χ4v) is 4.57. The van der Waals surface area contributed by atoms with Gasteiger partial charge in [0.1, 0.15) is 0 Å². The maximum Gasteiger partial charge on any atom is 0.317 e. The van der Waals surface area contributed by atoms with Gasteiger partial charge in [0.25, 0.3) is 0 Å². The summed E-state index contributed by atoms with van der Waals surface area (Å²) >= 11 is 1.59. The summed E-state index contributed by atoms with van der Waals surface area (Å²) in [4.78, 5) is 18.9. The van der Waals surface area contributed by atoms with Gasteiger partial charge in [0, 0.05) is 30.9 Å². The highest BCUT2D eigenvalue weighted by molar-refractivity contribution is 7.91. The normalized spacial score (nSPS) is 20.8. The van der Waals surface area contributed by atoms with Crippen LogP contribution in [0.4, 0.5) is 4.79 Å². The number of hydrogen-bond donors (Lipinski definition) is 1. The first-order valence-electron chi connectivity index (χ1n) is 6.48. The highest BCUT2D eigenvalue weighted by atomic mass is 32.2. The molecule has 2 heterocycles. The zero-order valence-corrected chi connectivity index (χ0v) is 13.3. The number of amides is 2. The van der Waals surface area contributed by atoms with Crippen LogP contribution in [0.15, 0.2) is 5.51 Å². The molecule has 1 aliphatic rings. The van der Waals surface area contributed by atoms with Crippen LogP contribution in [0.25, 0.3) is 0 Å². The average Bonchev–Trinajstić information content (AvgIpc) is 2.92. The number of hydrogen-bond acceptors (Lipinski definition) is 5. The largest absolute Gasteiger partial charge is 0.334 e. The first-order valence-corrected chi connectivity index (χ1v) is 9.18. The number of thiazole rings is 1. The highest BCUT2D eigenvalue weighted by Gasteiger charge is 2.29. The molecular weight excluding hydrogens is 298 g/mol. The summed E-state index contributed by atoms with van der Waals surface area (Å²) < 4.78 is 22.7. The van der Waals surface area contributed by atoms with Crippen LogP contribution in [-0.4, -0.2) is 55.5 Å². The van der Waals surface area contributed by atoms with Crippen molar-refractivity contribution in [3.05, 3.63) is 16.1 Å². The molecule has 0 aliphatic carbocycles. The van der Waals surface area contributed by atoms with Crippen LogP contribution < -0.4 is 5.32 Å². The van der Waals surface area contributed by atoms with E-state index in [1.165, 1.54) is 4.88 Å². The summed E-state index contributed by atoms with van der Waals surface area (Å²) in [7, 11) is -1.24. The van der Waals surface area contributed by atoms with E-state index in [-0.39, 0.29) is 23.6 Å². The van der Waals surface area contributed by atoms with E-state index >= 15 is 0 Å². The van der Waals surface area contributed by atoms with Gasteiger partial charge < -0.3 is 10.2 Å². The second-order valence-electron chi connectivity index (χ2n) is 5.08. The zero-order valence-electron chi connectivity index (χ0n) is 11.6. The Balaban J connectivity index is 1.79. The second-order valence-corrected chi connectivity index (χ2v) is 8.25. The van der Waals surface area contributed by atoms with Gasteiger partial charge in [0.2, 0.25) is 0 Å². The fraction of sp³-hybridized carbons (Fsp3) is 0.667. The molecule has 6 nitrogen and oxygen atoms in total. The minimum absolute atomic E-state index is 0.0561. The number of sulfone groups is 1. The lowest BCUT2D eigenvalue weighted by atomic mass is 10.2. The SMILES string of the molecule is Cc1ncsc1CCN(C)C(=O)NC1CCS(=O)(=O)C1. The Morgan fingerprint density at radius 3 is 2.90 bits per heavy atom. The molecule has 2 rings (SSSR count). The Morgan fingerprint density at radius 1 is 1.60 bits per heavy atom. The molecule has 1 atom stereocenters. The third-order valence-corrected chi connectivity index (χ3v) is 6.19. The molecule has 20 heavy (non-hydrogen) atoms. The topological polar surface area (TPSA) is 79.4 Å². The van der Waals surface area contributed by atoms with Crippen molar-refractivity contribution in [3.8, 4) is 0 Å². The Labute approximate surface area is 123 Å². The lowest BCUT2D eigenvalue weighted by molar-refractivity contribution is 0.206. The van der Waals surface area contributed by atoms with E-state index in [1.807, 2.05) is 6.92 Å². The van der Waals surface area contributed by atoms with Gasteiger partial charge in [0.05, 0.1) is 22.7 Å². The van der Waals surface area contributed by atoms with Crippen molar-refractivity contribution in [1.82, 2.24) is 15.2 Å². The lowest BCUT2D eigenvalue weighted by Gasteiger charge is -2.20. The van der Waals surface area contributed by atoms with Crippen molar-refractivity contribution >= 4 is 27.2 Å². The lowest BCUT2D eigenvalue weighted by Crippen LogP contribution is -2.44. The summed E-state index contributed by atoms with van der Waals surface area (Å²) in [5, 5.41) is 2.77. The second kappa shape index (κ2) is 6.09.